The third-order valence-electron chi connectivity index (χ3n) is 4.30. The van der Waals surface area contributed by atoms with Gasteiger partial charge in [-0.15, -0.1) is 0 Å². The first-order chi connectivity index (χ1) is 12.8. The van der Waals surface area contributed by atoms with Gasteiger partial charge >= 0.3 is 11.9 Å². The van der Waals surface area contributed by atoms with Crippen LogP contribution in [0.5, 0.6) is 0 Å². The van der Waals surface area contributed by atoms with Crippen molar-refractivity contribution in [3.05, 3.63) is 35.5 Å². The van der Waals surface area contributed by atoms with Crippen molar-refractivity contribution in [1.29, 1.82) is 0 Å². The van der Waals surface area contributed by atoms with Crippen LogP contribution < -0.4 is 5.32 Å². The van der Waals surface area contributed by atoms with E-state index in [1.54, 1.807) is 13.0 Å². The summed E-state index contributed by atoms with van der Waals surface area (Å²) in [6.45, 7) is 2.75. The van der Waals surface area contributed by atoms with Crippen LogP contribution >= 0.6 is 0 Å². The van der Waals surface area contributed by atoms with E-state index in [-0.39, 0.29) is 10.6 Å². The molecule has 1 aromatic carbocycles. The highest BCUT2D eigenvalue weighted by Gasteiger charge is 2.26. The van der Waals surface area contributed by atoms with Gasteiger partial charge in [-0.2, -0.15) is 4.31 Å². The summed E-state index contributed by atoms with van der Waals surface area (Å²) >= 11 is 0. The largest absolute Gasteiger partial charge is 0.466 e. The zero-order chi connectivity index (χ0) is 20.0. The molecular formula is C18H24N2O6S. The zero-order valence-corrected chi connectivity index (χ0v) is 16.5. The topological polar surface area (TPSA) is 102 Å². The number of nitrogens with zero attached hydrogens (tertiary/aromatic N) is 1. The quantitative estimate of drug-likeness (QED) is 0.578. The van der Waals surface area contributed by atoms with Gasteiger partial charge in [0.2, 0.25) is 10.0 Å². The summed E-state index contributed by atoms with van der Waals surface area (Å²) in [5.41, 5.74) is 0.931. The normalized spacial score (nSPS) is 15.9. The van der Waals surface area contributed by atoms with E-state index in [1.807, 2.05) is 0 Å². The first kappa shape index (κ1) is 20.9. The van der Waals surface area contributed by atoms with E-state index in [0.717, 1.165) is 25.3 Å². The summed E-state index contributed by atoms with van der Waals surface area (Å²) < 4.78 is 36.4. The standard InChI is InChI=1S/C18H24N2O6S/c1-13-7-8-14(27(23,24)20-9-5-4-6-10-20)11-15(13)19-16(18(22)26-3)12-17(21)25-2/h7-8,11-12,19H,4-6,9-10H2,1-3H3/b16-12+. The van der Waals surface area contributed by atoms with E-state index >= 15 is 0 Å². The van der Waals surface area contributed by atoms with Crippen LogP contribution in [-0.4, -0.2) is 52.0 Å². The number of ether oxygens (including phenoxy) is 2. The molecule has 0 aliphatic carbocycles. The maximum atomic E-state index is 12.9. The average Bonchev–Trinajstić information content (AvgIpc) is 2.68. The van der Waals surface area contributed by atoms with Crippen LogP contribution in [0.15, 0.2) is 34.9 Å². The second-order valence-corrected chi connectivity index (χ2v) is 8.08. The Kier molecular flexibility index (Phi) is 6.98. The number of carbonyl (C=O) groups is 2. The lowest BCUT2D eigenvalue weighted by atomic mass is 10.2. The first-order valence-corrected chi connectivity index (χ1v) is 9.99. The number of piperidine rings is 1. The number of hydrogen-bond acceptors (Lipinski definition) is 7. The van der Waals surface area contributed by atoms with Gasteiger partial charge in [0.05, 0.1) is 25.2 Å². The van der Waals surface area contributed by atoms with Gasteiger partial charge in [0.1, 0.15) is 5.70 Å². The number of hydrogen-bond donors (Lipinski definition) is 1. The third kappa shape index (κ3) is 5.08. The van der Waals surface area contributed by atoms with Crippen LogP contribution in [0.4, 0.5) is 5.69 Å². The molecule has 1 aromatic rings. The highest BCUT2D eigenvalue weighted by atomic mass is 32.2. The molecule has 1 N–H and O–H groups in total. The molecule has 9 heteroatoms. The predicted octanol–water partition coefficient (Wildman–Crippen LogP) is 1.81. The van der Waals surface area contributed by atoms with Crippen molar-refractivity contribution >= 4 is 27.6 Å². The molecule has 0 bridgehead atoms. The number of aryl methyl sites for hydroxylation is 1. The number of benzene rings is 1. The Morgan fingerprint density at radius 3 is 2.37 bits per heavy atom. The molecule has 1 aliphatic rings. The Labute approximate surface area is 159 Å². The van der Waals surface area contributed by atoms with Crippen molar-refractivity contribution in [1.82, 2.24) is 4.31 Å². The second-order valence-electron chi connectivity index (χ2n) is 6.14. The smallest absolute Gasteiger partial charge is 0.354 e. The lowest BCUT2D eigenvalue weighted by Crippen LogP contribution is -2.35. The predicted molar refractivity (Wildman–Crippen MR) is 99.5 cm³/mol. The van der Waals surface area contributed by atoms with E-state index in [9.17, 15) is 18.0 Å². The molecular weight excluding hydrogens is 372 g/mol. The fourth-order valence-electron chi connectivity index (χ4n) is 2.73. The summed E-state index contributed by atoms with van der Waals surface area (Å²) in [4.78, 5) is 23.5. The lowest BCUT2D eigenvalue weighted by Gasteiger charge is -2.26. The Hall–Kier alpha value is -2.39. The average molecular weight is 396 g/mol. The summed E-state index contributed by atoms with van der Waals surface area (Å²) in [5, 5.41) is 2.78. The highest BCUT2D eigenvalue weighted by molar-refractivity contribution is 7.89. The van der Waals surface area contributed by atoms with Crippen LogP contribution in [0.1, 0.15) is 24.8 Å². The molecule has 1 fully saturated rings. The van der Waals surface area contributed by atoms with Crippen LogP contribution in [0, 0.1) is 6.92 Å². The number of esters is 2. The molecule has 2 rings (SSSR count). The Bertz CT molecular complexity index is 841. The van der Waals surface area contributed by atoms with Gasteiger partial charge in [-0.3, -0.25) is 0 Å². The summed E-state index contributed by atoms with van der Waals surface area (Å²) in [6.07, 6.45) is 3.65. The van der Waals surface area contributed by atoms with Gasteiger partial charge in [0.25, 0.3) is 0 Å². The second kappa shape index (κ2) is 9.01. The summed E-state index contributed by atoms with van der Waals surface area (Å²) in [7, 11) is -1.26. The maximum Gasteiger partial charge on any atom is 0.354 e. The molecule has 0 aromatic heterocycles. The van der Waals surface area contributed by atoms with Crippen molar-refractivity contribution in [2.75, 3.05) is 32.6 Å². The van der Waals surface area contributed by atoms with Gasteiger partial charge in [-0.25, -0.2) is 18.0 Å². The van der Waals surface area contributed by atoms with Gasteiger partial charge in [-0.1, -0.05) is 12.5 Å². The Balaban J connectivity index is 2.37. The van der Waals surface area contributed by atoms with E-state index in [4.69, 9.17) is 0 Å². The van der Waals surface area contributed by atoms with Gasteiger partial charge in [-0.05, 0) is 37.5 Å². The molecule has 0 radical (unpaired) electrons. The molecule has 148 valence electrons. The Morgan fingerprint density at radius 1 is 1.11 bits per heavy atom. The minimum atomic E-state index is -3.62. The summed E-state index contributed by atoms with van der Waals surface area (Å²) in [6, 6.07) is 4.63. The minimum absolute atomic E-state index is 0.125. The molecule has 1 aliphatic heterocycles. The van der Waals surface area contributed by atoms with Gasteiger partial charge in [0.15, 0.2) is 0 Å². The summed E-state index contributed by atoms with van der Waals surface area (Å²) in [5.74, 6) is -1.51. The first-order valence-electron chi connectivity index (χ1n) is 8.55. The number of nitrogens with one attached hydrogen (secondary N) is 1. The highest BCUT2D eigenvalue weighted by Crippen LogP contribution is 2.26. The SMILES string of the molecule is COC(=O)/C=C(/Nc1cc(S(=O)(=O)N2CCCCC2)ccc1C)C(=O)OC. The molecule has 0 spiro atoms. The van der Waals surface area contributed by atoms with Gasteiger partial charge < -0.3 is 14.8 Å². The van der Waals surface area contributed by atoms with Crippen LogP contribution in [-0.2, 0) is 29.1 Å². The van der Waals surface area contributed by atoms with Crippen LogP contribution in [0.25, 0.3) is 0 Å². The number of methoxy groups -OCH3 is 2. The maximum absolute atomic E-state index is 12.9. The molecule has 0 amide bonds. The van der Waals surface area contributed by atoms with Crippen molar-refractivity contribution in [2.45, 2.75) is 31.1 Å². The Morgan fingerprint density at radius 2 is 1.78 bits per heavy atom. The molecule has 8 nitrogen and oxygen atoms in total. The van der Waals surface area contributed by atoms with E-state index < -0.39 is 22.0 Å². The van der Waals surface area contributed by atoms with Crippen molar-refractivity contribution in [3.63, 3.8) is 0 Å². The number of rotatable bonds is 6. The monoisotopic (exact) mass is 396 g/mol. The molecule has 0 unspecified atom stereocenters. The van der Waals surface area contributed by atoms with Gasteiger partial charge in [0, 0.05) is 18.8 Å². The number of anilines is 1. The van der Waals surface area contributed by atoms with E-state index in [1.165, 1.54) is 30.7 Å². The number of carbonyl (C=O) groups excluding carboxylic acids is 2. The number of sulfonamides is 1. The fourth-order valence-corrected chi connectivity index (χ4v) is 4.27. The molecule has 0 atom stereocenters. The molecule has 1 saturated heterocycles. The van der Waals surface area contributed by atoms with Crippen molar-refractivity contribution in [3.8, 4) is 0 Å². The lowest BCUT2D eigenvalue weighted by molar-refractivity contribution is -0.138. The van der Waals surface area contributed by atoms with Crippen LogP contribution in [0.2, 0.25) is 0 Å². The third-order valence-corrected chi connectivity index (χ3v) is 6.19. The fraction of sp³-hybridized carbons (Fsp3) is 0.444. The minimum Gasteiger partial charge on any atom is -0.466 e. The van der Waals surface area contributed by atoms with Crippen molar-refractivity contribution < 1.29 is 27.5 Å². The molecule has 0 saturated carbocycles. The van der Waals surface area contributed by atoms with Crippen molar-refractivity contribution in [2.24, 2.45) is 0 Å². The molecule has 1 heterocycles. The zero-order valence-electron chi connectivity index (χ0n) is 15.6. The molecule has 27 heavy (non-hydrogen) atoms. The van der Waals surface area contributed by atoms with E-state index in [0.29, 0.717) is 24.3 Å². The van der Waals surface area contributed by atoms with E-state index in [2.05, 4.69) is 14.8 Å². The van der Waals surface area contributed by atoms with Crippen LogP contribution in [0.3, 0.4) is 0 Å².